The number of halogens is 2. The Hall–Kier alpha value is -3.20. The Labute approximate surface area is 176 Å². The molecule has 0 spiro atoms. The van der Waals surface area contributed by atoms with E-state index in [9.17, 15) is 14.1 Å². The van der Waals surface area contributed by atoms with Crippen molar-refractivity contribution in [3.05, 3.63) is 73.9 Å². The van der Waals surface area contributed by atoms with Crippen LogP contribution in [0.2, 0.25) is 5.02 Å². The molecule has 30 heavy (non-hydrogen) atoms. The van der Waals surface area contributed by atoms with Gasteiger partial charge in [-0.2, -0.15) is 10.2 Å². The molecule has 1 aliphatic heterocycles. The minimum atomic E-state index is -0.787. The highest BCUT2D eigenvalue weighted by molar-refractivity contribution is 6.33. The molecule has 0 saturated heterocycles. The molecule has 1 N–H and O–H groups in total. The molecule has 3 heterocycles. The second-order valence-corrected chi connectivity index (χ2v) is 7.61. The summed E-state index contributed by atoms with van der Waals surface area (Å²) in [5.41, 5.74) is 5.27. The number of benzene rings is 1. The summed E-state index contributed by atoms with van der Waals surface area (Å²) >= 11 is 6.16. The van der Waals surface area contributed by atoms with E-state index in [-0.39, 0.29) is 10.8 Å². The van der Waals surface area contributed by atoms with Crippen molar-refractivity contribution in [1.29, 1.82) is 0 Å². The maximum absolute atomic E-state index is 12.6. The maximum atomic E-state index is 12.6. The van der Waals surface area contributed by atoms with Crippen molar-refractivity contribution < 1.29 is 9.28 Å². The van der Waals surface area contributed by atoms with E-state index in [0.717, 1.165) is 22.4 Å². The van der Waals surface area contributed by atoms with Crippen molar-refractivity contribution in [3.8, 4) is 0 Å². The zero-order valence-electron chi connectivity index (χ0n) is 16.5. The van der Waals surface area contributed by atoms with E-state index in [1.807, 2.05) is 40.8 Å². The van der Waals surface area contributed by atoms with Crippen molar-refractivity contribution in [2.75, 3.05) is 17.1 Å². The van der Waals surface area contributed by atoms with Gasteiger partial charge in [0.15, 0.2) is 5.78 Å². The smallest absolute Gasteiger partial charge is 0.308 e. The molecule has 3 aromatic rings. The van der Waals surface area contributed by atoms with Gasteiger partial charge < -0.3 is 4.90 Å². The van der Waals surface area contributed by atoms with Crippen LogP contribution in [-0.2, 0) is 19.5 Å². The molecule has 2 aromatic heterocycles. The van der Waals surface area contributed by atoms with Crippen molar-refractivity contribution in [3.63, 3.8) is 0 Å². The van der Waals surface area contributed by atoms with Crippen LogP contribution in [0.1, 0.15) is 39.8 Å². The summed E-state index contributed by atoms with van der Waals surface area (Å²) in [6.07, 6.45) is 1.94. The normalized spacial score (nSPS) is 13.3. The third kappa shape index (κ3) is 3.45. The fourth-order valence-electron chi connectivity index (χ4n) is 3.76. The van der Waals surface area contributed by atoms with E-state index in [1.165, 1.54) is 18.8 Å². The number of carbonyl (C=O) groups excluding carboxylic acids is 1. The largest absolute Gasteiger partial charge is 0.364 e. The van der Waals surface area contributed by atoms with Crippen LogP contribution >= 0.6 is 11.6 Å². The molecule has 8 nitrogen and oxygen atoms in total. The third-order valence-corrected chi connectivity index (χ3v) is 5.73. The van der Waals surface area contributed by atoms with E-state index < -0.39 is 5.56 Å². The first kappa shape index (κ1) is 20.1. The standard InChI is InChI=1S/C20H20ClFN6O2/c1-12-5-3-4-6-14(12)10-27-16-7-8-26(11-15(16)19(24-27)13(2)29)17-9-23-28(25-22)20(30)18(17)21/h3-6,9,25H,7-8,10-11H2,1-2H3. The molecule has 0 amide bonds. The zero-order chi connectivity index (χ0) is 21.4. The number of ketones is 1. The summed E-state index contributed by atoms with van der Waals surface area (Å²) in [6, 6.07) is 8.06. The number of Topliss-reactive ketones (excluding diaryl/α,β-unsaturated/α-hetero) is 1. The number of nitrogens with one attached hydrogen (secondary N) is 1. The first-order chi connectivity index (χ1) is 14.4. The maximum Gasteiger partial charge on any atom is 0.308 e. The van der Waals surface area contributed by atoms with E-state index in [4.69, 9.17) is 11.6 Å². The molecule has 0 bridgehead atoms. The van der Waals surface area contributed by atoms with Crippen molar-refractivity contribution in [2.24, 2.45) is 0 Å². The van der Waals surface area contributed by atoms with Crippen LogP contribution in [0.3, 0.4) is 0 Å². The van der Waals surface area contributed by atoms with Crippen LogP contribution in [0.4, 0.5) is 10.2 Å². The van der Waals surface area contributed by atoms with Gasteiger partial charge in [0.05, 0.1) is 18.4 Å². The van der Waals surface area contributed by atoms with E-state index in [1.54, 1.807) is 0 Å². The number of anilines is 1. The number of nitrogens with zero attached hydrogens (tertiary/aromatic N) is 5. The van der Waals surface area contributed by atoms with Gasteiger partial charge in [-0.25, -0.2) is 0 Å². The molecule has 4 rings (SSSR count). The summed E-state index contributed by atoms with van der Waals surface area (Å²) in [6.45, 7) is 5.01. The zero-order valence-corrected chi connectivity index (χ0v) is 17.3. The molecule has 0 unspecified atom stereocenters. The lowest BCUT2D eigenvalue weighted by molar-refractivity contribution is 0.101. The first-order valence-electron chi connectivity index (χ1n) is 9.44. The highest BCUT2D eigenvalue weighted by atomic mass is 35.5. The number of aromatic nitrogens is 4. The minimum Gasteiger partial charge on any atom is -0.364 e. The van der Waals surface area contributed by atoms with Gasteiger partial charge in [0.2, 0.25) is 0 Å². The number of hydrogen-bond acceptors (Lipinski definition) is 6. The molecule has 0 fully saturated rings. The van der Waals surface area contributed by atoms with Crippen LogP contribution < -0.4 is 16.1 Å². The molecule has 0 saturated carbocycles. The summed E-state index contributed by atoms with van der Waals surface area (Å²) in [4.78, 5) is 26.6. The minimum absolute atomic E-state index is 0.127. The summed E-state index contributed by atoms with van der Waals surface area (Å²) in [5.74, 6) is -0.127. The van der Waals surface area contributed by atoms with Gasteiger partial charge in [-0.15, -0.1) is 10.4 Å². The Bertz CT molecular complexity index is 1190. The van der Waals surface area contributed by atoms with Gasteiger partial charge in [-0.3, -0.25) is 14.3 Å². The van der Waals surface area contributed by atoms with Gasteiger partial charge >= 0.3 is 5.56 Å². The fraction of sp³-hybridized carbons (Fsp3) is 0.300. The second-order valence-electron chi connectivity index (χ2n) is 7.23. The third-order valence-electron chi connectivity index (χ3n) is 5.37. The number of fused-ring (bicyclic) bond motifs is 1. The molecule has 10 heteroatoms. The lowest BCUT2D eigenvalue weighted by atomic mass is 10.0. The number of carbonyl (C=O) groups is 1. The summed E-state index contributed by atoms with van der Waals surface area (Å²) in [7, 11) is 0. The highest BCUT2D eigenvalue weighted by Gasteiger charge is 2.28. The van der Waals surface area contributed by atoms with E-state index in [2.05, 4.69) is 10.2 Å². The van der Waals surface area contributed by atoms with Crippen LogP contribution in [-0.4, -0.2) is 32.0 Å². The van der Waals surface area contributed by atoms with Crippen LogP contribution in [0.5, 0.6) is 0 Å². The number of hydrogen-bond donors (Lipinski definition) is 1. The predicted octanol–water partition coefficient (Wildman–Crippen LogP) is 2.64. The molecular weight excluding hydrogens is 411 g/mol. The molecule has 0 aliphatic carbocycles. The van der Waals surface area contributed by atoms with E-state index in [0.29, 0.717) is 42.2 Å². The van der Waals surface area contributed by atoms with Crippen LogP contribution in [0, 0.1) is 6.92 Å². The highest BCUT2D eigenvalue weighted by Crippen LogP contribution is 2.30. The lowest BCUT2D eigenvalue weighted by Crippen LogP contribution is -2.35. The lowest BCUT2D eigenvalue weighted by Gasteiger charge is -2.30. The Morgan fingerprint density at radius 3 is 2.80 bits per heavy atom. The average Bonchev–Trinajstić information content (AvgIpc) is 3.09. The monoisotopic (exact) mass is 430 g/mol. The Kier molecular flexibility index (Phi) is 5.29. The quantitative estimate of drug-likeness (QED) is 0.495. The van der Waals surface area contributed by atoms with Gasteiger partial charge in [-0.1, -0.05) is 40.3 Å². The summed E-state index contributed by atoms with van der Waals surface area (Å²) < 4.78 is 14.5. The van der Waals surface area contributed by atoms with Gasteiger partial charge in [-0.05, 0) is 18.1 Å². The first-order valence-corrected chi connectivity index (χ1v) is 9.82. The molecular formula is C20H20ClFN6O2. The van der Waals surface area contributed by atoms with Crippen LogP contribution in [0.25, 0.3) is 0 Å². The van der Waals surface area contributed by atoms with Crippen molar-refractivity contribution >= 4 is 23.1 Å². The fourth-order valence-corrected chi connectivity index (χ4v) is 4.01. The Morgan fingerprint density at radius 1 is 1.33 bits per heavy atom. The van der Waals surface area contributed by atoms with Crippen molar-refractivity contribution in [2.45, 2.75) is 33.4 Å². The second kappa shape index (κ2) is 7.91. The molecule has 156 valence electrons. The summed E-state index contributed by atoms with van der Waals surface area (Å²) in [5, 5.41) is 8.17. The molecule has 0 atom stereocenters. The van der Waals surface area contributed by atoms with Crippen molar-refractivity contribution in [1.82, 2.24) is 19.7 Å². The molecule has 0 radical (unpaired) electrons. The predicted molar refractivity (Wildman–Crippen MR) is 111 cm³/mol. The van der Waals surface area contributed by atoms with Crippen LogP contribution in [0.15, 0.2) is 35.3 Å². The van der Waals surface area contributed by atoms with E-state index >= 15 is 0 Å². The topological polar surface area (TPSA) is 85.1 Å². The average molecular weight is 431 g/mol. The SMILES string of the molecule is CC(=O)c1nn(Cc2ccccc2C)c2c1CN(c1cnn(NF)c(=O)c1Cl)CC2. The Balaban J connectivity index is 1.71. The van der Waals surface area contributed by atoms with Gasteiger partial charge in [0.25, 0.3) is 0 Å². The van der Waals surface area contributed by atoms with Gasteiger partial charge in [0, 0.05) is 37.7 Å². The molecule has 1 aliphatic rings. The Morgan fingerprint density at radius 2 is 2.10 bits per heavy atom. The van der Waals surface area contributed by atoms with Gasteiger partial charge in [0.1, 0.15) is 10.7 Å². The number of aryl methyl sites for hydroxylation is 1. The number of rotatable bonds is 5. The molecule has 1 aromatic carbocycles.